The van der Waals surface area contributed by atoms with Gasteiger partial charge in [0.25, 0.3) is 5.56 Å². The Hall–Kier alpha value is -2.87. The number of likely N-dealkylation sites (tertiary alicyclic amines) is 1. The zero-order valence-electron chi connectivity index (χ0n) is 16.1. The number of piperidine rings is 1. The third-order valence-corrected chi connectivity index (χ3v) is 5.22. The Morgan fingerprint density at radius 2 is 2.04 bits per heavy atom. The average Bonchev–Trinajstić information content (AvgIpc) is 2.72. The molecule has 0 radical (unpaired) electrons. The van der Waals surface area contributed by atoms with Crippen LogP contribution in [0.2, 0.25) is 0 Å². The highest BCUT2D eigenvalue weighted by Crippen LogP contribution is 2.21. The highest BCUT2D eigenvalue weighted by Gasteiger charge is 2.22. The zero-order valence-corrected chi connectivity index (χ0v) is 16.1. The van der Waals surface area contributed by atoms with E-state index in [1.54, 1.807) is 24.5 Å². The summed E-state index contributed by atoms with van der Waals surface area (Å²) in [6.45, 7) is 5.15. The van der Waals surface area contributed by atoms with Crippen LogP contribution in [0.4, 0.5) is 5.82 Å². The van der Waals surface area contributed by atoms with E-state index >= 15 is 0 Å². The Morgan fingerprint density at radius 3 is 2.93 bits per heavy atom. The van der Waals surface area contributed by atoms with Crippen LogP contribution >= 0.6 is 0 Å². The number of rotatable bonds is 6. The molecular weight excluding hydrogens is 354 g/mol. The van der Waals surface area contributed by atoms with Crippen LogP contribution in [0.25, 0.3) is 11.0 Å². The van der Waals surface area contributed by atoms with E-state index in [1.807, 2.05) is 19.1 Å². The van der Waals surface area contributed by atoms with Gasteiger partial charge in [-0.05, 0) is 44.5 Å². The number of hydrogen-bond acceptors (Lipinski definition) is 7. The normalized spacial score (nSPS) is 17.7. The molecule has 28 heavy (non-hydrogen) atoms. The summed E-state index contributed by atoms with van der Waals surface area (Å²) in [4.78, 5) is 27.7. The van der Waals surface area contributed by atoms with Crippen molar-refractivity contribution in [2.45, 2.75) is 38.8 Å². The van der Waals surface area contributed by atoms with E-state index in [-0.39, 0.29) is 5.56 Å². The first-order valence-corrected chi connectivity index (χ1v) is 9.80. The van der Waals surface area contributed by atoms with E-state index in [0.717, 1.165) is 37.3 Å². The SMILES string of the molecule is Cc1nc(NCC2CCCCN2CCn2ncccc2=O)c2cccnc2n1. The number of anilines is 1. The van der Waals surface area contributed by atoms with Gasteiger partial charge in [0, 0.05) is 37.6 Å². The molecule has 1 atom stereocenters. The second kappa shape index (κ2) is 8.43. The van der Waals surface area contributed by atoms with E-state index in [1.165, 1.54) is 17.5 Å². The molecule has 0 aliphatic carbocycles. The monoisotopic (exact) mass is 379 g/mol. The fraction of sp³-hybridized carbons (Fsp3) is 0.450. The fourth-order valence-corrected chi connectivity index (χ4v) is 3.78. The number of nitrogens with one attached hydrogen (secondary N) is 1. The minimum absolute atomic E-state index is 0.0513. The predicted molar refractivity (Wildman–Crippen MR) is 108 cm³/mol. The summed E-state index contributed by atoms with van der Waals surface area (Å²) in [5, 5.41) is 8.62. The van der Waals surface area contributed by atoms with Gasteiger partial charge >= 0.3 is 0 Å². The summed E-state index contributed by atoms with van der Waals surface area (Å²) in [5.41, 5.74) is 0.664. The number of fused-ring (bicyclic) bond motifs is 1. The molecule has 1 aliphatic rings. The smallest absolute Gasteiger partial charge is 0.266 e. The first-order valence-electron chi connectivity index (χ1n) is 9.80. The molecule has 1 saturated heterocycles. The van der Waals surface area contributed by atoms with Crippen LogP contribution in [0.1, 0.15) is 25.1 Å². The van der Waals surface area contributed by atoms with Gasteiger partial charge in [0.05, 0.1) is 11.9 Å². The second-order valence-electron chi connectivity index (χ2n) is 7.15. The van der Waals surface area contributed by atoms with Crippen molar-refractivity contribution in [2.24, 2.45) is 0 Å². The first-order chi connectivity index (χ1) is 13.7. The molecule has 8 heteroatoms. The van der Waals surface area contributed by atoms with E-state index in [0.29, 0.717) is 24.1 Å². The molecule has 0 bridgehead atoms. The number of hydrogen-bond donors (Lipinski definition) is 1. The minimum atomic E-state index is -0.0513. The Labute approximate surface area is 163 Å². The molecule has 1 aliphatic heterocycles. The Balaban J connectivity index is 1.44. The Kier molecular flexibility index (Phi) is 5.57. The topological polar surface area (TPSA) is 88.8 Å². The van der Waals surface area contributed by atoms with Crippen LogP contribution in [-0.2, 0) is 6.54 Å². The largest absolute Gasteiger partial charge is 0.368 e. The fourth-order valence-electron chi connectivity index (χ4n) is 3.78. The van der Waals surface area contributed by atoms with Gasteiger partial charge in [-0.15, -0.1) is 0 Å². The third kappa shape index (κ3) is 4.17. The van der Waals surface area contributed by atoms with Gasteiger partial charge in [-0.2, -0.15) is 5.10 Å². The third-order valence-electron chi connectivity index (χ3n) is 5.22. The molecule has 1 unspecified atom stereocenters. The lowest BCUT2D eigenvalue weighted by molar-refractivity contribution is 0.148. The molecule has 0 spiro atoms. The minimum Gasteiger partial charge on any atom is -0.368 e. The van der Waals surface area contributed by atoms with Crippen molar-refractivity contribution in [1.29, 1.82) is 0 Å². The van der Waals surface area contributed by atoms with Crippen molar-refractivity contribution >= 4 is 16.9 Å². The van der Waals surface area contributed by atoms with Gasteiger partial charge in [0.2, 0.25) is 0 Å². The van der Waals surface area contributed by atoms with E-state index in [9.17, 15) is 4.79 Å². The molecule has 146 valence electrons. The highest BCUT2D eigenvalue weighted by molar-refractivity contribution is 5.86. The van der Waals surface area contributed by atoms with Gasteiger partial charge in [0.15, 0.2) is 5.65 Å². The number of pyridine rings is 1. The highest BCUT2D eigenvalue weighted by atomic mass is 16.1. The van der Waals surface area contributed by atoms with Crippen molar-refractivity contribution in [3.05, 3.63) is 52.8 Å². The Bertz CT molecular complexity index is 1000. The standard InChI is InChI=1S/C20H25N7O/c1-15-24-19-17(7-4-9-21-19)20(25-15)22-14-16-6-2-3-11-26(16)12-13-27-18(28)8-5-10-23-27/h4-5,7-10,16H,2-3,6,11-14H2,1H3,(H,21,22,24,25). The van der Waals surface area contributed by atoms with Crippen molar-refractivity contribution in [3.8, 4) is 0 Å². The van der Waals surface area contributed by atoms with E-state index in [2.05, 4.69) is 30.3 Å². The quantitative estimate of drug-likeness (QED) is 0.699. The van der Waals surface area contributed by atoms with Crippen LogP contribution in [0.3, 0.4) is 0 Å². The maximum absolute atomic E-state index is 11.9. The molecule has 3 aromatic heterocycles. The van der Waals surface area contributed by atoms with Gasteiger partial charge in [-0.3, -0.25) is 9.69 Å². The van der Waals surface area contributed by atoms with Crippen LogP contribution in [0.5, 0.6) is 0 Å². The van der Waals surface area contributed by atoms with Crippen LogP contribution in [-0.4, -0.2) is 55.3 Å². The summed E-state index contributed by atoms with van der Waals surface area (Å²) >= 11 is 0. The van der Waals surface area contributed by atoms with Crippen molar-refractivity contribution in [1.82, 2.24) is 29.6 Å². The molecule has 0 aromatic carbocycles. The van der Waals surface area contributed by atoms with Gasteiger partial charge in [0.1, 0.15) is 11.6 Å². The summed E-state index contributed by atoms with van der Waals surface area (Å²) in [5.74, 6) is 1.55. The van der Waals surface area contributed by atoms with E-state index in [4.69, 9.17) is 0 Å². The summed E-state index contributed by atoms with van der Waals surface area (Å²) < 4.78 is 1.53. The molecule has 0 amide bonds. The summed E-state index contributed by atoms with van der Waals surface area (Å²) in [7, 11) is 0. The summed E-state index contributed by atoms with van der Waals surface area (Å²) in [6, 6.07) is 7.53. The van der Waals surface area contributed by atoms with Crippen molar-refractivity contribution in [3.63, 3.8) is 0 Å². The Morgan fingerprint density at radius 1 is 1.14 bits per heavy atom. The molecule has 1 N–H and O–H groups in total. The predicted octanol–water partition coefficient (Wildman–Crippen LogP) is 1.86. The average molecular weight is 379 g/mol. The maximum Gasteiger partial charge on any atom is 0.266 e. The van der Waals surface area contributed by atoms with Gasteiger partial charge in [-0.25, -0.2) is 19.6 Å². The molecule has 4 rings (SSSR count). The number of aryl methyl sites for hydroxylation is 1. The first kappa shape index (κ1) is 18.5. The van der Waals surface area contributed by atoms with E-state index < -0.39 is 0 Å². The summed E-state index contributed by atoms with van der Waals surface area (Å²) in [6.07, 6.45) is 6.95. The van der Waals surface area contributed by atoms with Gasteiger partial charge < -0.3 is 5.32 Å². The molecule has 4 heterocycles. The molecule has 1 fully saturated rings. The van der Waals surface area contributed by atoms with Crippen LogP contribution < -0.4 is 10.9 Å². The second-order valence-corrected chi connectivity index (χ2v) is 7.15. The number of nitrogens with zero attached hydrogens (tertiary/aromatic N) is 6. The van der Waals surface area contributed by atoms with Gasteiger partial charge in [-0.1, -0.05) is 6.42 Å². The maximum atomic E-state index is 11.9. The zero-order chi connectivity index (χ0) is 19.3. The molecule has 0 saturated carbocycles. The van der Waals surface area contributed by atoms with Crippen molar-refractivity contribution < 1.29 is 0 Å². The van der Waals surface area contributed by atoms with Crippen molar-refractivity contribution in [2.75, 3.05) is 25.0 Å². The molecule has 3 aromatic rings. The van der Waals surface area contributed by atoms with Crippen LogP contribution in [0.15, 0.2) is 41.5 Å². The van der Waals surface area contributed by atoms with Crippen LogP contribution in [0, 0.1) is 6.92 Å². The molecule has 8 nitrogen and oxygen atoms in total. The molecular formula is C20H25N7O. The lowest BCUT2D eigenvalue weighted by Crippen LogP contribution is -2.45. The number of aromatic nitrogens is 5. The lowest BCUT2D eigenvalue weighted by atomic mass is 10.0. The lowest BCUT2D eigenvalue weighted by Gasteiger charge is -2.36.